The minimum absolute atomic E-state index is 0.0181. The maximum Gasteiger partial charge on any atom is 0.337 e. The molecule has 0 radical (unpaired) electrons. The fourth-order valence-electron chi connectivity index (χ4n) is 1.70. The Balaban J connectivity index is 2.56. The van der Waals surface area contributed by atoms with Gasteiger partial charge in [0.2, 0.25) is 0 Å². The topological polar surface area (TPSA) is 84.3 Å². The van der Waals surface area contributed by atoms with Crippen LogP contribution in [0.2, 0.25) is 0 Å². The second-order valence-corrected chi connectivity index (χ2v) is 5.66. The van der Waals surface area contributed by atoms with E-state index in [1.165, 1.54) is 12.4 Å². The van der Waals surface area contributed by atoms with Gasteiger partial charge in [0.05, 0.1) is 17.1 Å². The summed E-state index contributed by atoms with van der Waals surface area (Å²) in [6.45, 7) is 0. The Morgan fingerprint density at radius 3 is 2.80 bits per heavy atom. The summed E-state index contributed by atoms with van der Waals surface area (Å²) in [5.41, 5.74) is 1.23. The monoisotopic (exact) mass is 227 g/mol. The second kappa shape index (κ2) is 3.30. The highest BCUT2D eigenvalue weighted by atomic mass is 32.2. The van der Waals surface area contributed by atoms with Crippen molar-refractivity contribution in [3.05, 3.63) is 29.1 Å². The maximum atomic E-state index is 11.3. The van der Waals surface area contributed by atoms with Gasteiger partial charge in [0.25, 0.3) is 0 Å². The van der Waals surface area contributed by atoms with E-state index in [9.17, 15) is 13.2 Å². The first-order chi connectivity index (χ1) is 6.99. The van der Waals surface area contributed by atoms with Crippen LogP contribution < -0.4 is 0 Å². The third-order valence-electron chi connectivity index (χ3n) is 2.42. The van der Waals surface area contributed by atoms with Gasteiger partial charge in [-0.05, 0) is 17.5 Å². The van der Waals surface area contributed by atoms with Crippen LogP contribution in [0.15, 0.2) is 12.4 Å². The third-order valence-corrected chi connectivity index (χ3v) is 3.99. The van der Waals surface area contributed by atoms with Crippen molar-refractivity contribution in [1.82, 2.24) is 4.98 Å². The number of carboxylic acids is 1. The molecule has 0 amide bonds. The average molecular weight is 227 g/mol. The molecule has 0 saturated heterocycles. The largest absolute Gasteiger partial charge is 0.478 e. The molecule has 1 aliphatic rings. The Morgan fingerprint density at radius 2 is 2.13 bits per heavy atom. The number of nitrogens with zero attached hydrogens (tertiary/aromatic N) is 1. The molecule has 0 fully saturated rings. The lowest BCUT2D eigenvalue weighted by Crippen LogP contribution is -2.21. The molecule has 6 heteroatoms. The maximum absolute atomic E-state index is 11.3. The lowest BCUT2D eigenvalue weighted by Gasteiger charge is -2.17. The highest BCUT2D eigenvalue weighted by molar-refractivity contribution is 7.90. The fraction of sp³-hybridized carbons (Fsp3) is 0.333. The van der Waals surface area contributed by atoms with Crippen LogP contribution in [0.4, 0.5) is 0 Å². The molecule has 5 nitrogen and oxygen atoms in total. The van der Waals surface area contributed by atoms with Gasteiger partial charge in [0.1, 0.15) is 0 Å². The van der Waals surface area contributed by atoms with Gasteiger partial charge >= 0.3 is 5.97 Å². The van der Waals surface area contributed by atoms with E-state index in [-0.39, 0.29) is 23.5 Å². The van der Waals surface area contributed by atoms with Crippen molar-refractivity contribution in [3.63, 3.8) is 0 Å². The van der Waals surface area contributed by atoms with Crippen molar-refractivity contribution in [1.29, 1.82) is 0 Å². The van der Waals surface area contributed by atoms with Crippen molar-refractivity contribution >= 4 is 15.8 Å². The Bertz CT molecular complexity index is 521. The Morgan fingerprint density at radius 1 is 1.40 bits per heavy atom. The summed E-state index contributed by atoms with van der Waals surface area (Å²) in [6, 6.07) is 0. The molecule has 0 spiro atoms. The summed E-state index contributed by atoms with van der Waals surface area (Å²) in [5, 5.41) is 8.88. The smallest absolute Gasteiger partial charge is 0.337 e. The molecule has 1 aromatic heterocycles. The predicted molar refractivity (Wildman–Crippen MR) is 52.4 cm³/mol. The van der Waals surface area contributed by atoms with Gasteiger partial charge in [-0.3, -0.25) is 4.98 Å². The summed E-state index contributed by atoms with van der Waals surface area (Å²) < 4.78 is 22.6. The van der Waals surface area contributed by atoms with Gasteiger partial charge in [-0.15, -0.1) is 0 Å². The number of hydrogen-bond acceptors (Lipinski definition) is 4. The van der Waals surface area contributed by atoms with Crippen molar-refractivity contribution in [2.75, 3.05) is 5.75 Å². The van der Waals surface area contributed by atoms with Crippen molar-refractivity contribution in [3.8, 4) is 0 Å². The van der Waals surface area contributed by atoms with Crippen LogP contribution in [0.3, 0.4) is 0 Å². The van der Waals surface area contributed by atoms with Crippen molar-refractivity contribution in [2.45, 2.75) is 12.2 Å². The molecule has 0 aliphatic carbocycles. The molecule has 0 aromatic carbocycles. The quantitative estimate of drug-likeness (QED) is 0.743. The summed E-state index contributed by atoms with van der Waals surface area (Å²) in [6.07, 6.45) is 2.96. The van der Waals surface area contributed by atoms with Gasteiger partial charge in [-0.2, -0.15) is 0 Å². The van der Waals surface area contributed by atoms with Crippen LogP contribution in [0, 0.1) is 0 Å². The van der Waals surface area contributed by atoms with Crippen LogP contribution in [0.1, 0.15) is 21.5 Å². The molecule has 0 saturated carbocycles. The van der Waals surface area contributed by atoms with E-state index >= 15 is 0 Å². The van der Waals surface area contributed by atoms with Crippen LogP contribution in [0.25, 0.3) is 0 Å². The molecule has 15 heavy (non-hydrogen) atoms. The van der Waals surface area contributed by atoms with Crippen LogP contribution in [0.5, 0.6) is 0 Å². The van der Waals surface area contributed by atoms with Crippen molar-refractivity contribution in [2.24, 2.45) is 0 Å². The number of carboxylic acid groups (broad SMARTS) is 1. The summed E-state index contributed by atoms with van der Waals surface area (Å²) >= 11 is 0. The molecule has 1 N–H and O–H groups in total. The predicted octanol–water partition coefficient (Wildman–Crippen LogP) is 0.251. The second-order valence-electron chi connectivity index (χ2n) is 3.47. The summed E-state index contributed by atoms with van der Waals surface area (Å²) in [4.78, 5) is 14.6. The van der Waals surface area contributed by atoms with Gasteiger partial charge in [0.15, 0.2) is 9.84 Å². The summed E-state index contributed by atoms with van der Waals surface area (Å²) in [7, 11) is -3.07. The van der Waals surface area contributed by atoms with Gasteiger partial charge in [-0.25, -0.2) is 13.2 Å². The van der Waals surface area contributed by atoms with Gasteiger partial charge in [0, 0.05) is 12.4 Å². The number of pyridine rings is 1. The highest BCUT2D eigenvalue weighted by Gasteiger charge is 2.25. The lowest BCUT2D eigenvalue weighted by molar-refractivity contribution is 0.0695. The number of fused-ring (bicyclic) bond motifs is 1. The summed E-state index contributed by atoms with van der Waals surface area (Å²) in [5.74, 6) is -1.14. The van der Waals surface area contributed by atoms with Crippen LogP contribution in [-0.2, 0) is 22.0 Å². The zero-order valence-electron chi connectivity index (χ0n) is 7.80. The third kappa shape index (κ3) is 1.85. The van der Waals surface area contributed by atoms with E-state index in [1.54, 1.807) is 0 Å². The number of aromatic nitrogens is 1. The van der Waals surface area contributed by atoms with E-state index in [1.807, 2.05) is 0 Å². The van der Waals surface area contributed by atoms with E-state index in [2.05, 4.69) is 4.98 Å². The molecular weight excluding hydrogens is 218 g/mol. The molecule has 0 atom stereocenters. The molecule has 2 rings (SSSR count). The highest BCUT2D eigenvalue weighted by Crippen LogP contribution is 2.22. The number of rotatable bonds is 1. The number of sulfone groups is 1. The Hall–Kier alpha value is -1.43. The van der Waals surface area contributed by atoms with E-state index in [0.29, 0.717) is 11.1 Å². The van der Waals surface area contributed by atoms with Crippen LogP contribution >= 0.6 is 0 Å². The lowest BCUT2D eigenvalue weighted by atomic mass is 10.0. The SMILES string of the molecule is O=C(O)c1cncc2c1CCS(=O)(=O)C2. The molecule has 0 unspecified atom stereocenters. The van der Waals surface area contributed by atoms with Gasteiger partial charge < -0.3 is 5.11 Å². The molecular formula is C9H9NO4S. The number of aromatic carboxylic acids is 1. The van der Waals surface area contributed by atoms with E-state index in [0.717, 1.165) is 0 Å². The molecule has 0 bridgehead atoms. The van der Waals surface area contributed by atoms with Crippen LogP contribution in [-0.4, -0.2) is 30.2 Å². The van der Waals surface area contributed by atoms with Gasteiger partial charge in [-0.1, -0.05) is 0 Å². The first-order valence-electron chi connectivity index (χ1n) is 4.39. The average Bonchev–Trinajstić information content (AvgIpc) is 2.14. The van der Waals surface area contributed by atoms with E-state index in [4.69, 9.17) is 5.11 Å². The fourth-order valence-corrected chi connectivity index (χ4v) is 3.08. The van der Waals surface area contributed by atoms with Crippen molar-refractivity contribution < 1.29 is 18.3 Å². The minimum Gasteiger partial charge on any atom is -0.478 e. The molecule has 1 aromatic rings. The number of hydrogen-bond donors (Lipinski definition) is 1. The minimum atomic E-state index is -3.07. The Kier molecular flexibility index (Phi) is 2.22. The molecule has 1 aliphatic heterocycles. The normalized spacial score (nSPS) is 18.1. The first kappa shape index (κ1) is 10.1. The molecule has 2 heterocycles. The Labute approximate surface area is 86.7 Å². The van der Waals surface area contributed by atoms with E-state index < -0.39 is 15.8 Å². The molecule has 80 valence electrons. The standard InChI is InChI=1S/C9H9NO4S/c11-9(12)8-4-10-3-6-5-15(13,14)2-1-7(6)8/h3-4H,1-2,5H2,(H,11,12). The number of carbonyl (C=O) groups is 1. The zero-order valence-corrected chi connectivity index (χ0v) is 8.62. The zero-order chi connectivity index (χ0) is 11.1. The first-order valence-corrected chi connectivity index (χ1v) is 6.21.